The van der Waals surface area contributed by atoms with Crippen molar-refractivity contribution in [2.75, 3.05) is 13.7 Å². The van der Waals surface area contributed by atoms with Gasteiger partial charge in [0.25, 0.3) is 0 Å². The van der Waals surface area contributed by atoms with E-state index >= 15 is 0 Å². The van der Waals surface area contributed by atoms with E-state index in [0.717, 1.165) is 30.9 Å². The highest BCUT2D eigenvalue weighted by Crippen LogP contribution is 2.40. The van der Waals surface area contributed by atoms with E-state index in [2.05, 4.69) is 26.1 Å². The third-order valence-electron chi connectivity index (χ3n) is 4.25. The summed E-state index contributed by atoms with van der Waals surface area (Å²) in [5.74, 6) is 1.66. The van der Waals surface area contributed by atoms with Crippen LogP contribution < -0.4 is 14.8 Å². The molecule has 1 aromatic carbocycles. The van der Waals surface area contributed by atoms with Crippen LogP contribution in [-0.4, -0.2) is 25.8 Å². The molecule has 20 heavy (non-hydrogen) atoms. The third kappa shape index (κ3) is 3.26. The molecule has 2 unspecified atom stereocenters. The van der Waals surface area contributed by atoms with Gasteiger partial charge in [0.1, 0.15) is 6.10 Å². The minimum Gasteiger partial charge on any atom is -0.493 e. The van der Waals surface area contributed by atoms with Gasteiger partial charge in [0, 0.05) is 6.04 Å². The van der Waals surface area contributed by atoms with E-state index in [9.17, 15) is 0 Å². The van der Waals surface area contributed by atoms with Crippen LogP contribution in [0.5, 0.6) is 11.5 Å². The van der Waals surface area contributed by atoms with E-state index in [0.29, 0.717) is 6.04 Å². The molecule has 0 radical (unpaired) electrons. The quantitative estimate of drug-likeness (QED) is 0.861. The molecule has 0 aromatic heterocycles. The summed E-state index contributed by atoms with van der Waals surface area (Å²) in [5, 5.41) is 3.66. The van der Waals surface area contributed by atoms with Gasteiger partial charge in [-0.1, -0.05) is 32.9 Å². The molecule has 0 saturated heterocycles. The molecular weight excluding hydrogens is 250 g/mol. The summed E-state index contributed by atoms with van der Waals surface area (Å²) in [6.45, 7) is 7.89. The molecule has 0 spiro atoms. The van der Waals surface area contributed by atoms with Crippen LogP contribution in [0.2, 0.25) is 0 Å². The van der Waals surface area contributed by atoms with Gasteiger partial charge in [-0.25, -0.2) is 0 Å². The average Bonchev–Trinajstić information content (AvgIpc) is 2.72. The fourth-order valence-electron chi connectivity index (χ4n) is 3.05. The summed E-state index contributed by atoms with van der Waals surface area (Å²) in [6, 6.07) is 8.29. The number of hydrogen-bond acceptors (Lipinski definition) is 3. The monoisotopic (exact) mass is 277 g/mol. The topological polar surface area (TPSA) is 30.5 Å². The summed E-state index contributed by atoms with van der Waals surface area (Å²) in [4.78, 5) is 0. The highest BCUT2D eigenvalue weighted by Gasteiger charge is 2.43. The van der Waals surface area contributed by atoms with Crippen LogP contribution in [0.1, 0.15) is 40.0 Å². The standard InChI is InChI=1S/C17H27NO2/c1-5-12-18-16-15(10-11-17(16,2)3)20-14-9-7-6-8-13(14)19-4/h6-9,15-16,18H,5,10-12H2,1-4H3. The second-order valence-electron chi connectivity index (χ2n) is 6.27. The smallest absolute Gasteiger partial charge is 0.161 e. The molecule has 0 heterocycles. The number of hydrogen-bond donors (Lipinski definition) is 1. The molecule has 2 atom stereocenters. The summed E-state index contributed by atoms with van der Waals surface area (Å²) in [5.41, 5.74) is 0.280. The number of para-hydroxylation sites is 2. The molecule has 0 amide bonds. The predicted molar refractivity (Wildman–Crippen MR) is 82.5 cm³/mol. The molecule has 0 aliphatic heterocycles. The van der Waals surface area contributed by atoms with Crippen molar-refractivity contribution in [2.24, 2.45) is 5.41 Å². The van der Waals surface area contributed by atoms with E-state index in [1.54, 1.807) is 7.11 Å². The number of rotatable bonds is 6. The van der Waals surface area contributed by atoms with Crippen molar-refractivity contribution >= 4 is 0 Å². The lowest BCUT2D eigenvalue weighted by Gasteiger charge is -2.32. The van der Waals surface area contributed by atoms with Gasteiger partial charge in [-0.2, -0.15) is 0 Å². The molecule has 1 fully saturated rings. The van der Waals surface area contributed by atoms with Crippen LogP contribution in [-0.2, 0) is 0 Å². The molecule has 2 rings (SSSR count). The van der Waals surface area contributed by atoms with Crippen LogP contribution in [0.15, 0.2) is 24.3 Å². The number of nitrogens with one attached hydrogen (secondary N) is 1. The second-order valence-corrected chi connectivity index (χ2v) is 6.27. The summed E-state index contributed by atoms with van der Waals surface area (Å²) in [6.07, 6.45) is 3.64. The average molecular weight is 277 g/mol. The number of ether oxygens (including phenoxy) is 2. The van der Waals surface area contributed by atoms with Gasteiger partial charge in [0.2, 0.25) is 0 Å². The fourth-order valence-corrected chi connectivity index (χ4v) is 3.05. The zero-order valence-corrected chi connectivity index (χ0v) is 13.1. The Labute approximate surface area is 122 Å². The molecule has 1 N–H and O–H groups in total. The van der Waals surface area contributed by atoms with Crippen molar-refractivity contribution in [2.45, 2.75) is 52.2 Å². The number of benzene rings is 1. The van der Waals surface area contributed by atoms with Crippen LogP contribution >= 0.6 is 0 Å². The Morgan fingerprint density at radius 2 is 1.95 bits per heavy atom. The van der Waals surface area contributed by atoms with Crippen LogP contribution in [0, 0.1) is 5.41 Å². The lowest BCUT2D eigenvalue weighted by atomic mass is 9.87. The molecule has 3 nitrogen and oxygen atoms in total. The Hall–Kier alpha value is -1.22. The summed E-state index contributed by atoms with van der Waals surface area (Å²) >= 11 is 0. The lowest BCUT2D eigenvalue weighted by molar-refractivity contribution is 0.136. The van der Waals surface area contributed by atoms with Crippen molar-refractivity contribution in [3.63, 3.8) is 0 Å². The van der Waals surface area contributed by atoms with Crippen molar-refractivity contribution in [1.82, 2.24) is 5.32 Å². The second kappa shape index (κ2) is 6.49. The largest absolute Gasteiger partial charge is 0.493 e. The van der Waals surface area contributed by atoms with E-state index in [-0.39, 0.29) is 11.5 Å². The first-order valence-electron chi connectivity index (χ1n) is 7.61. The minimum absolute atomic E-state index is 0.216. The Morgan fingerprint density at radius 1 is 1.25 bits per heavy atom. The van der Waals surface area contributed by atoms with Gasteiger partial charge >= 0.3 is 0 Å². The van der Waals surface area contributed by atoms with E-state index in [4.69, 9.17) is 9.47 Å². The highest BCUT2D eigenvalue weighted by molar-refractivity contribution is 5.39. The van der Waals surface area contributed by atoms with E-state index < -0.39 is 0 Å². The molecule has 1 saturated carbocycles. The van der Waals surface area contributed by atoms with Crippen molar-refractivity contribution in [3.05, 3.63) is 24.3 Å². The third-order valence-corrected chi connectivity index (χ3v) is 4.25. The van der Waals surface area contributed by atoms with Crippen molar-refractivity contribution < 1.29 is 9.47 Å². The van der Waals surface area contributed by atoms with Crippen molar-refractivity contribution in [3.8, 4) is 11.5 Å². The zero-order chi connectivity index (χ0) is 14.6. The van der Waals surface area contributed by atoms with Crippen LogP contribution in [0.25, 0.3) is 0 Å². The Balaban J connectivity index is 2.11. The van der Waals surface area contributed by atoms with Gasteiger partial charge in [-0.05, 0) is 43.4 Å². The highest BCUT2D eigenvalue weighted by atomic mass is 16.5. The summed E-state index contributed by atoms with van der Waals surface area (Å²) < 4.78 is 11.6. The summed E-state index contributed by atoms with van der Waals surface area (Å²) in [7, 11) is 1.69. The zero-order valence-electron chi connectivity index (χ0n) is 13.1. The Kier molecular flexibility index (Phi) is 4.92. The van der Waals surface area contributed by atoms with Gasteiger partial charge in [0.15, 0.2) is 11.5 Å². The first kappa shape index (κ1) is 15.2. The fraction of sp³-hybridized carbons (Fsp3) is 0.647. The first-order valence-corrected chi connectivity index (χ1v) is 7.61. The van der Waals surface area contributed by atoms with Crippen LogP contribution in [0.4, 0.5) is 0 Å². The molecule has 0 bridgehead atoms. The molecule has 1 aromatic rings. The maximum absolute atomic E-state index is 6.26. The SMILES string of the molecule is CCCNC1C(Oc2ccccc2OC)CCC1(C)C. The van der Waals surface area contributed by atoms with Crippen molar-refractivity contribution in [1.29, 1.82) is 0 Å². The van der Waals surface area contributed by atoms with Gasteiger partial charge in [-0.3, -0.25) is 0 Å². The molecule has 1 aliphatic rings. The maximum atomic E-state index is 6.26. The molecule has 3 heteroatoms. The lowest BCUT2D eigenvalue weighted by Crippen LogP contribution is -2.47. The van der Waals surface area contributed by atoms with E-state index in [1.165, 1.54) is 6.42 Å². The first-order chi connectivity index (χ1) is 9.58. The van der Waals surface area contributed by atoms with Gasteiger partial charge in [0.05, 0.1) is 7.11 Å². The molecule has 112 valence electrons. The van der Waals surface area contributed by atoms with Gasteiger partial charge < -0.3 is 14.8 Å². The Bertz CT molecular complexity index is 431. The van der Waals surface area contributed by atoms with E-state index in [1.807, 2.05) is 24.3 Å². The predicted octanol–water partition coefficient (Wildman–Crippen LogP) is 3.63. The maximum Gasteiger partial charge on any atom is 0.161 e. The number of methoxy groups -OCH3 is 1. The normalized spacial score (nSPS) is 24.6. The minimum atomic E-state index is 0.216. The molecular formula is C17H27NO2. The van der Waals surface area contributed by atoms with Crippen LogP contribution in [0.3, 0.4) is 0 Å². The molecule has 1 aliphatic carbocycles. The Morgan fingerprint density at radius 3 is 2.60 bits per heavy atom. The van der Waals surface area contributed by atoms with Gasteiger partial charge in [-0.15, -0.1) is 0 Å².